The summed E-state index contributed by atoms with van der Waals surface area (Å²) >= 11 is 0. The molecular formula is C7H13F. The summed E-state index contributed by atoms with van der Waals surface area (Å²) in [7, 11) is 0. The lowest BCUT2D eigenvalue weighted by molar-refractivity contribution is 0.360. The van der Waals surface area contributed by atoms with Crippen molar-refractivity contribution < 1.29 is 4.39 Å². The molecule has 0 amide bonds. The van der Waals surface area contributed by atoms with Gasteiger partial charge < -0.3 is 0 Å². The highest BCUT2D eigenvalue weighted by Crippen LogP contribution is 2.30. The third-order valence-corrected chi connectivity index (χ3v) is 2.02. The largest absolute Gasteiger partial charge is 0.251 e. The van der Waals surface area contributed by atoms with Gasteiger partial charge in [0.1, 0.15) is 0 Å². The van der Waals surface area contributed by atoms with Crippen molar-refractivity contribution in [3.8, 4) is 0 Å². The maximum Gasteiger partial charge on any atom is 0.0922 e. The summed E-state index contributed by atoms with van der Waals surface area (Å²) in [6.07, 6.45) is 3.49. The average Bonchev–Trinajstić information content (AvgIpc) is 2.14. The fourth-order valence-corrected chi connectivity index (χ4v) is 1.47. The molecule has 0 aromatic rings. The molecule has 0 radical (unpaired) electrons. The molecule has 0 aromatic heterocycles. The van der Waals surface area contributed by atoms with Gasteiger partial charge in [-0.25, -0.2) is 0 Å². The molecule has 0 spiro atoms. The second-order valence-electron chi connectivity index (χ2n) is 2.94. The van der Waals surface area contributed by atoms with Crippen molar-refractivity contribution in [1.82, 2.24) is 0 Å². The Morgan fingerprint density at radius 1 is 1.50 bits per heavy atom. The second kappa shape index (κ2) is 2.47. The molecule has 8 heavy (non-hydrogen) atoms. The molecule has 0 bridgehead atoms. The summed E-state index contributed by atoms with van der Waals surface area (Å²) in [6.45, 7) is 2.11. The molecule has 0 N–H and O–H groups in total. The SMILES string of the molecule is C[C@@H]1CC[C@@H](CF)C1. The van der Waals surface area contributed by atoms with Crippen LogP contribution >= 0.6 is 0 Å². The average molecular weight is 116 g/mol. The van der Waals surface area contributed by atoms with Crippen LogP contribution in [-0.2, 0) is 0 Å². The molecule has 1 saturated carbocycles. The zero-order chi connectivity index (χ0) is 5.98. The van der Waals surface area contributed by atoms with Gasteiger partial charge in [0.05, 0.1) is 6.67 Å². The van der Waals surface area contributed by atoms with Gasteiger partial charge >= 0.3 is 0 Å². The zero-order valence-corrected chi connectivity index (χ0v) is 5.36. The Labute approximate surface area is 50.1 Å². The van der Waals surface area contributed by atoms with Crippen molar-refractivity contribution >= 4 is 0 Å². The Morgan fingerprint density at radius 3 is 2.50 bits per heavy atom. The Hall–Kier alpha value is -0.0700. The van der Waals surface area contributed by atoms with Crippen molar-refractivity contribution in [1.29, 1.82) is 0 Å². The smallest absolute Gasteiger partial charge is 0.0922 e. The van der Waals surface area contributed by atoms with E-state index < -0.39 is 0 Å². The van der Waals surface area contributed by atoms with Crippen molar-refractivity contribution in [3.63, 3.8) is 0 Å². The lowest BCUT2D eigenvalue weighted by atomic mass is 10.1. The van der Waals surface area contributed by atoms with E-state index in [1.807, 2.05) is 0 Å². The van der Waals surface area contributed by atoms with Crippen LogP contribution < -0.4 is 0 Å². The zero-order valence-electron chi connectivity index (χ0n) is 5.36. The van der Waals surface area contributed by atoms with E-state index in [2.05, 4.69) is 6.92 Å². The van der Waals surface area contributed by atoms with E-state index in [0.717, 1.165) is 18.8 Å². The Morgan fingerprint density at radius 2 is 2.25 bits per heavy atom. The number of alkyl halides is 1. The van der Waals surface area contributed by atoms with Crippen LogP contribution in [-0.4, -0.2) is 6.67 Å². The van der Waals surface area contributed by atoms with Gasteiger partial charge in [0.15, 0.2) is 0 Å². The molecule has 0 aliphatic heterocycles. The van der Waals surface area contributed by atoms with Gasteiger partial charge in [-0.3, -0.25) is 4.39 Å². The van der Waals surface area contributed by atoms with Gasteiger partial charge in [-0.1, -0.05) is 13.3 Å². The minimum Gasteiger partial charge on any atom is -0.251 e. The first-order valence-corrected chi connectivity index (χ1v) is 3.39. The lowest BCUT2D eigenvalue weighted by Gasteiger charge is -1.99. The topological polar surface area (TPSA) is 0 Å². The highest BCUT2D eigenvalue weighted by Gasteiger charge is 2.20. The summed E-state index contributed by atoms with van der Waals surface area (Å²) in [6, 6.07) is 0. The fraction of sp³-hybridized carbons (Fsp3) is 1.00. The molecule has 0 heterocycles. The minimum absolute atomic E-state index is 0.0929. The lowest BCUT2D eigenvalue weighted by Crippen LogP contribution is -1.94. The highest BCUT2D eigenvalue weighted by atomic mass is 19.1. The Balaban J connectivity index is 2.22. The van der Waals surface area contributed by atoms with E-state index in [1.54, 1.807) is 0 Å². The molecule has 1 rings (SSSR count). The number of halogens is 1. The molecule has 1 fully saturated rings. The molecule has 0 nitrogen and oxygen atoms in total. The fourth-order valence-electron chi connectivity index (χ4n) is 1.47. The molecule has 0 aromatic carbocycles. The predicted octanol–water partition coefficient (Wildman–Crippen LogP) is 2.39. The van der Waals surface area contributed by atoms with Crippen LogP contribution in [0.5, 0.6) is 0 Å². The van der Waals surface area contributed by atoms with Crippen LogP contribution in [0.25, 0.3) is 0 Å². The van der Waals surface area contributed by atoms with Crippen LogP contribution in [0.3, 0.4) is 0 Å². The Bertz CT molecular complexity index is 70.8. The first kappa shape index (κ1) is 6.06. The van der Waals surface area contributed by atoms with Gasteiger partial charge in [0.25, 0.3) is 0 Å². The van der Waals surface area contributed by atoms with Gasteiger partial charge in [-0.2, -0.15) is 0 Å². The third kappa shape index (κ3) is 1.21. The molecule has 0 unspecified atom stereocenters. The first-order valence-electron chi connectivity index (χ1n) is 3.39. The summed E-state index contributed by atoms with van der Waals surface area (Å²) in [4.78, 5) is 0. The van der Waals surface area contributed by atoms with E-state index in [0.29, 0.717) is 5.92 Å². The number of rotatable bonds is 1. The maximum atomic E-state index is 11.9. The quantitative estimate of drug-likeness (QED) is 0.493. The molecule has 1 aliphatic carbocycles. The minimum atomic E-state index is -0.0929. The summed E-state index contributed by atoms with van der Waals surface area (Å²) in [5.41, 5.74) is 0. The highest BCUT2D eigenvalue weighted by molar-refractivity contribution is 4.71. The van der Waals surface area contributed by atoms with Gasteiger partial charge in [0.2, 0.25) is 0 Å². The van der Waals surface area contributed by atoms with Crippen molar-refractivity contribution in [2.24, 2.45) is 11.8 Å². The van der Waals surface area contributed by atoms with E-state index >= 15 is 0 Å². The van der Waals surface area contributed by atoms with Gasteiger partial charge in [-0.15, -0.1) is 0 Å². The second-order valence-corrected chi connectivity index (χ2v) is 2.94. The summed E-state index contributed by atoms with van der Waals surface area (Å²) < 4.78 is 11.9. The van der Waals surface area contributed by atoms with Gasteiger partial charge in [0, 0.05) is 0 Å². The van der Waals surface area contributed by atoms with E-state index in [1.165, 1.54) is 6.42 Å². The normalized spacial score (nSPS) is 38.2. The summed E-state index contributed by atoms with van der Waals surface area (Å²) in [5.74, 6) is 1.20. The summed E-state index contributed by atoms with van der Waals surface area (Å²) in [5, 5.41) is 0. The monoisotopic (exact) mass is 116 g/mol. The van der Waals surface area contributed by atoms with E-state index in [4.69, 9.17) is 0 Å². The van der Waals surface area contributed by atoms with Crippen molar-refractivity contribution in [2.75, 3.05) is 6.67 Å². The number of hydrogen-bond acceptors (Lipinski definition) is 0. The van der Waals surface area contributed by atoms with E-state index in [9.17, 15) is 4.39 Å². The third-order valence-electron chi connectivity index (χ3n) is 2.02. The van der Waals surface area contributed by atoms with E-state index in [-0.39, 0.29) is 6.67 Å². The van der Waals surface area contributed by atoms with Crippen LogP contribution in [0.4, 0.5) is 4.39 Å². The van der Waals surface area contributed by atoms with Gasteiger partial charge in [-0.05, 0) is 24.7 Å². The molecule has 2 atom stereocenters. The molecule has 1 aliphatic rings. The maximum absolute atomic E-state index is 11.9. The van der Waals surface area contributed by atoms with Crippen LogP contribution in [0, 0.1) is 11.8 Å². The standard InChI is InChI=1S/C7H13F/c1-6-2-3-7(4-6)5-8/h6-7H,2-5H2,1H3/t6-,7-/m1/s1. The number of hydrogen-bond donors (Lipinski definition) is 0. The van der Waals surface area contributed by atoms with Crippen molar-refractivity contribution in [2.45, 2.75) is 26.2 Å². The molecule has 1 heteroatoms. The predicted molar refractivity (Wildman–Crippen MR) is 32.5 cm³/mol. The molecule has 0 saturated heterocycles. The van der Waals surface area contributed by atoms with Crippen molar-refractivity contribution in [3.05, 3.63) is 0 Å². The van der Waals surface area contributed by atoms with Crippen LogP contribution in [0.1, 0.15) is 26.2 Å². The molecule has 48 valence electrons. The first-order chi connectivity index (χ1) is 3.83. The van der Waals surface area contributed by atoms with Crippen LogP contribution in [0.2, 0.25) is 0 Å². The Kier molecular flexibility index (Phi) is 1.87. The molecular weight excluding hydrogens is 103 g/mol. The van der Waals surface area contributed by atoms with Crippen LogP contribution in [0.15, 0.2) is 0 Å².